The van der Waals surface area contributed by atoms with Gasteiger partial charge in [-0.15, -0.1) is 0 Å². The number of carbonyl (C=O) groups is 1. The van der Waals surface area contributed by atoms with E-state index in [1.807, 2.05) is 65.6 Å². The minimum Gasteiger partial charge on any atom is -0.346 e. The third-order valence-electron chi connectivity index (χ3n) is 6.26. The van der Waals surface area contributed by atoms with Crippen molar-refractivity contribution in [3.63, 3.8) is 0 Å². The molecule has 3 aromatic rings. The lowest BCUT2D eigenvalue weighted by Gasteiger charge is -2.34. The second-order valence-corrected chi connectivity index (χ2v) is 9.34. The average molecular weight is 510 g/mol. The Morgan fingerprint density at radius 1 is 1.00 bits per heavy atom. The second kappa shape index (κ2) is 8.19. The second-order valence-electron chi connectivity index (χ2n) is 7.99. The van der Waals surface area contributed by atoms with Crippen LogP contribution in [0.15, 0.2) is 83.3 Å². The van der Waals surface area contributed by atoms with Gasteiger partial charge in [-0.3, -0.25) is 14.9 Å². The normalized spacial score (nSPS) is 23.5. The van der Waals surface area contributed by atoms with Gasteiger partial charge >= 0.3 is 0 Å². The zero-order valence-electron chi connectivity index (χ0n) is 16.8. The van der Waals surface area contributed by atoms with E-state index in [1.165, 1.54) is 0 Å². The third kappa shape index (κ3) is 3.44. The molecule has 0 aliphatic carbocycles. The summed E-state index contributed by atoms with van der Waals surface area (Å²) in [7, 11) is 0. The first-order valence-corrected chi connectivity index (χ1v) is 11.4. The Kier molecular flexibility index (Phi) is 5.35. The molecule has 5 rings (SSSR count). The van der Waals surface area contributed by atoms with Crippen molar-refractivity contribution in [3.05, 3.63) is 115 Å². The molecule has 4 atom stereocenters. The van der Waals surface area contributed by atoms with Crippen molar-refractivity contribution in [1.29, 1.82) is 0 Å². The number of rotatable bonds is 4. The minimum absolute atomic E-state index is 0.158. The van der Waals surface area contributed by atoms with Crippen molar-refractivity contribution in [3.8, 4) is 0 Å². The van der Waals surface area contributed by atoms with Gasteiger partial charge in [0.15, 0.2) is 5.78 Å². The smallest absolute Gasteiger partial charge is 0.245 e. The van der Waals surface area contributed by atoms with Crippen LogP contribution in [0.3, 0.4) is 0 Å². The van der Waals surface area contributed by atoms with Crippen LogP contribution in [-0.2, 0) is 0 Å². The highest BCUT2D eigenvalue weighted by Crippen LogP contribution is 2.47. The molecule has 0 radical (unpaired) electrons. The van der Waals surface area contributed by atoms with Gasteiger partial charge in [0.2, 0.25) is 6.04 Å². The number of hydrogen-bond donors (Lipinski definition) is 0. The van der Waals surface area contributed by atoms with E-state index < -0.39 is 24.0 Å². The molecular weight excluding hydrogens is 492 g/mol. The number of hydrogen-bond acceptors (Lipinski definition) is 4. The van der Waals surface area contributed by atoms with E-state index in [2.05, 4.69) is 15.9 Å². The molecule has 0 N–H and O–H groups in total. The fourth-order valence-corrected chi connectivity index (χ4v) is 5.29. The van der Waals surface area contributed by atoms with Crippen LogP contribution >= 0.6 is 27.5 Å². The molecule has 0 amide bonds. The molecule has 1 fully saturated rings. The zero-order chi connectivity index (χ0) is 22.4. The summed E-state index contributed by atoms with van der Waals surface area (Å²) < 4.78 is 0.875. The van der Waals surface area contributed by atoms with Crippen molar-refractivity contribution in [2.45, 2.75) is 24.0 Å². The van der Waals surface area contributed by atoms with Gasteiger partial charge in [0.05, 0.1) is 5.92 Å². The molecule has 0 unspecified atom stereocenters. The first kappa shape index (κ1) is 20.9. The summed E-state index contributed by atoms with van der Waals surface area (Å²) in [5.41, 5.74) is 3.02. The quantitative estimate of drug-likeness (QED) is 0.246. The summed E-state index contributed by atoms with van der Waals surface area (Å²) in [4.78, 5) is 28.0. The lowest BCUT2D eigenvalue weighted by molar-refractivity contribution is -0.524. The minimum atomic E-state index is -0.970. The van der Waals surface area contributed by atoms with Crippen molar-refractivity contribution >= 4 is 45.1 Å². The van der Waals surface area contributed by atoms with Crippen molar-refractivity contribution in [1.82, 2.24) is 0 Å². The number of anilines is 1. The molecule has 1 saturated heterocycles. The Balaban J connectivity index is 1.71. The Labute approximate surface area is 198 Å². The average Bonchev–Trinajstić information content (AvgIpc) is 3.15. The highest BCUT2D eigenvalue weighted by molar-refractivity contribution is 9.10. The number of Topliss-reactive ketones (excluding diaryl/α,β-unsaturated/α-hetero) is 1. The molecule has 32 heavy (non-hydrogen) atoms. The molecule has 2 aliphatic heterocycles. The monoisotopic (exact) mass is 508 g/mol. The first-order chi connectivity index (χ1) is 15.5. The number of ketones is 1. The van der Waals surface area contributed by atoms with Gasteiger partial charge in [-0.05, 0) is 53.6 Å². The number of benzene rings is 3. The summed E-state index contributed by atoms with van der Waals surface area (Å²) in [6, 6.07) is 19.6. The lowest BCUT2D eigenvalue weighted by Crippen LogP contribution is -2.44. The number of halogens is 2. The predicted octanol–water partition coefficient (Wildman–Crippen LogP) is 6.00. The van der Waals surface area contributed by atoms with E-state index in [9.17, 15) is 14.9 Å². The van der Waals surface area contributed by atoms with E-state index in [4.69, 9.17) is 11.6 Å². The van der Waals surface area contributed by atoms with Crippen molar-refractivity contribution < 1.29 is 9.72 Å². The molecule has 160 valence electrons. The van der Waals surface area contributed by atoms with Gasteiger partial charge < -0.3 is 4.90 Å². The van der Waals surface area contributed by atoms with Crippen LogP contribution in [-0.4, -0.2) is 28.8 Å². The first-order valence-electron chi connectivity index (χ1n) is 10.2. The maximum absolute atomic E-state index is 13.9. The van der Waals surface area contributed by atoms with Gasteiger partial charge in [-0.1, -0.05) is 70.0 Å². The number of nitro groups is 1. The number of para-hydroxylation sites is 1. The highest BCUT2D eigenvalue weighted by Gasteiger charge is 2.58. The van der Waals surface area contributed by atoms with Crippen LogP contribution in [0, 0.1) is 10.1 Å². The standard InChI is InChI=1S/C25H18BrClN2O3/c26-18-10-5-16(6-11-18)22-23(29(31)32)21-14-9-15-3-1-2-4-20(15)28(21)24(22)25(30)17-7-12-19(27)13-8-17/h1-14,21-24H/t21-,22-,23+,24+/m1/s1. The van der Waals surface area contributed by atoms with E-state index in [0.29, 0.717) is 10.6 Å². The number of carbonyl (C=O) groups excluding carboxylic acids is 1. The Hall–Kier alpha value is -2.96. The topological polar surface area (TPSA) is 63.4 Å². The van der Waals surface area contributed by atoms with Gasteiger partial charge in [0.25, 0.3) is 0 Å². The van der Waals surface area contributed by atoms with Crippen LogP contribution in [0.1, 0.15) is 27.4 Å². The fourth-order valence-electron chi connectivity index (χ4n) is 4.90. The molecule has 3 aromatic carbocycles. The van der Waals surface area contributed by atoms with Crippen molar-refractivity contribution in [2.24, 2.45) is 0 Å². The van der Waals surface area contributed by atoms with Crippen molar-refractivity contribution in [2.75, 3.05) is 4.90 Å². The van der Waals surface area contributed by atoms with Gasteiger partial charge in [0, 0.05) is 25.7 Å². The van der Waals surface area contributed by atoms with E-state index in [-0.39, 0.29) is 10.7 Å². The molecule has 0 spiro atoms. The summed E-state index contributed by atoms with van der Waals surface area (Å²) in [5, 5.41) is 12.9. The van der Waals surface area contributed by atoms with Gasteiger partial charge in [-0.25, -0.2) is 0 Å². The van der Waals surface area contributed by atoms with Crippen LogP contribution in [0.25, 0.3) is 6.08 Å². The van der Waals surface area contributed by atoms with E-state index >= 15 is 0 Å². The summed E-state index contributed by atoms with van der Waals surface area (Å²) in [6.07, 6.45) is 3.78. The molecule has 0 saturated carbocycles. The predicted molar refractivity (Wildman–Crippen MR) is 129 cm³/mol. The summed E-state index contributed by atoms with van der Waals surface area (Å²) in [6.45, 7) is 0. The lowest BCUT2D eigenvalue weighted by atomic mass is 9.84. The molecule has 2 heterocycles. The van der Waals surface area contributed by atoms with Gasteiger partial charge in [0.1, 0.15) is 12.1 Å². The van der Waals surface area contributed by atoms with Crippen LogP contribution in [0.4, 0.5) is 5.69 Å². The SMILES string of the molecule is O=C(c1ccc(Cl)cc1)[C@@H]1[C@H](c2ccc(Br)cc2)[C@@H]([N+](=O)[O-])[C@H]2C=Cc3ccccc3N21. The number of fused-ring (bicyclic) bond motifs is 3. The Bertz CT molecular complexity index is 1230. The zero-order valence-corrected chi connectivity index (χ0v) is 19.1. The molecule has 0 aromatic heterocycles. The van der Waals surface area contributed by atoms with Crippen LogP contribution in [0.2, 0.25) is 5.02 Å². The molecular formula is C25H18BrClN2O3. The van der Waals surface area contributed by atoms with Gasteiger partial charge in [-0.2, -0.15) is 0 Å². The molecule has 5 nitrogen and oxygen atoms in total. The largest absolute Gasteiger partial charge is 0.346 e. The maximum atomic E-state index is 13.9. The van der Waals surface area contributed by atoms with E-state index in [1.54, 1.807) is 24.3 Å². The molecule has 0 bridgehead atoms. The molecule has 2 aliphatic rings. The Morgan fingerprint density at radius 3 is 2.38 bits per heavy atom. The fraction of sp³-hybridized carbons (Fsp3) is 0.160. The maximum Gasteiger partial charge on any atom is 0.245 e. The molecule has 7 heteroatoms. The summed E-state index contributed by atoms with van der Waals surface area (Å²) >= 11 is 9.47. The highest BCUT2D eigenvalue weighted by atomic mass is 79.9. The summed E-state index contributed by atoms with van der Waals surface area (Å²) in [5.74, 6) is -0.781. The Morgan fingerprint density at radius 2 is 1.69 bits per heavy atom. The van der Waals surface area contributed by atoms with E-state index in [0.717, 1.165) is 21.3 Å². The third-order valence-corrected chi connectivity index (χ3v) is 7.04. The number of nitrogens with zero attached hydrogens (tertiary/aromatic N) is 2. The van der Waals surface area contributed by atoms with Crippen LogP contribution in [0.5, 0.6) is 0 Å². The van der Waals surface area contributed by atoms with Crippen LogP contribution < -0.4 is 4.90 Å².